The number of carbonyl (C=O) groups excluding carboxylic acids is 1. The van der Waals surface area contributed by atoms with Gasteiger partial charge in [-0.2, -0.15) is 10.4 Å². The fourth-order valence-corrected chi connectivity index (χ4v) is 5.48. The van der Waals surface area contributed by atoms with Gasteiger partial charge in [0.1, 0.15) is 6.04 Å². The fourth-order valence-electron chi connectivity index (χ4n) is 2.45. The van der Waals surface area contributed by atoms with Crippen LogP contribution in [0.25, 0.3) is 0 Å². The number of carboxylic acid groups (broad SMARTS) is 1. The van der Waals surface area contributed by atoms with Crippen molar-refractivity contribution in [3.8, 4) is 0 Å². The molecule has 0 spiro atoms. The monoisotopic (exact) mass is 425 g/mol. The quantitative estimate of drug-likeness (QED) is 0.0599. The molecule has 1 saturated heterocycles. The third kappa shape index (κ3) is 11.9. The summed E-state index contributed by atoms with van der Waals surface area (Å²) in [5, 5.41) is 46.6. The Hall–Kier alpha value is -1.25. The predicted octanol–water partition coefficient (Wildman–Crippen LogP) is 1.17. The number of carbonyl (C=O) groups is 2. The van der Waals surface area contributed by atoms with Crippen LogP contribution in [-0.4, -0.2) is 62.0 Å². The molecule has 13 heteroatoms. The molecule has 1 amide bonds. The molecule has 0 aliphatic carbocycles. The summed E-state index contributed by atoms with van der Waals surface area (Å²) in [4.78, 5) is 23.2. The van der Waals surface area contributed by atoms with E-state index in [0.29, 0.717) is 5.25 Å². The maximum absolute atomic E-state index is 11.9. The van der Waals surface area contributed by atoms with Crippen molar-refractivity contribution in [2.45, 2.75) is 56.2 Å². The Morgan fingerprint density at radius 2 is 2.04 bits per heavy atom. The molecule has 1 rings (SSSR count). The first kappa shape index (κ1) is 23.8. The van der Waals surface area contributed by atoms with E-state index in [1.54, 1.807) is 0 Å². The van der Waals surface area contributed by atoms with E-state index >= 15 is 0 Å². The summed E-state index contributed by atoms with van der Waals surface area (Å²) in [6, 6.07) is -1.03. The number of carboxylic acids is 1. The number of nitrogens with one attached hydrogen (secondary N) is 4. The summed E-state index contributed by atoms with van der Waals surface area (Å²) in [6.45, 7) is 0.114. The lowest BCUT2D eigenvalue weighted by molar-refractivity contribution is -1.24. The molecule has 1 aliphatic rings. The van der Waals surface area contributed by atoms with Crippen LogP contribution in [0.15, 0.2) is 0 Å². The number of amides is 1. The third-order valence-electron chi connectivity index (χ3n) is 3.77. The largest absolute Gasteiger partial charge is 0.537 e. The molecule has 1 aliphatic heterocycles. The van der Waals surface area contributed by atoms with Gasteiger partial charge in [0.25, 0.3) is 0 Å². The van der Waals surface area contributed by atoms with Crippen LogP contribution in [0, 0.1) is 10.6 Å². The zero-order chi connectivity index (χ0) is 20.3. The van der Waals surface area contributed by atoms with Crippen LogP contribution < -0.4 is 16.1 Å². The molecule has 0 saturated carbocycles. The Bertz CT molecular complexity index is 499. The number of aliphatic carboxylic acids is 1. The molecular weight excluding hydrogens is 398 g/mol. The number of hydrogen-bond acceptors (Lipinski definition) is 8. The van der Waals surface area contributed by atoms with Crippen molar-refractivity contribution in [3.05, 3.63) is 5.21 Å². The lowest BCUT2D eigenvalue weighted by atomic mass is 10.1. The molecule has 0 aromatic heterocycles. The van der Waals surface area contributed by atoms with Gasteiger partial charge in [0.2, 0.25) is 11.9 Å². The molecule has 156 valence electrons. The number of unbranched alkanes of at least 4 members (excludes halogenated alkanes) is 1. The summed E-state index contributed by atoms with van der Waals surface area (Å²) < 4.78 is 0. The molecule has 2 atom stereocenters. The van der Waals surface area contributed by atoms with Crippen molar-refractivity contribution in [1.82, 2.24) is 16.1 Å². The van der Waals surface area contributed by atoms with Gasteiger partial charge in [-0.15, -0.1) is 5.43 Å². The van der Waals surface area contributed by atoms with E-state index in [4.69, 9.17) is 15.8 Å². The number of nitrogens with zero attached hydrogens (tertiary/aromatic N) is 1. The first-order valence-electron chi connectivity index (χ1n) is 8.64. The SMILES string of the molecule is N=C(NCCC[C@H](NC(=O)CCCCC1CCSS1)C(=O)O)N[N+]([O-])(O)O. The Balaban J connectivity index is 2.17. The topological polar surface area (TPSA) is 178 Å². The second kappa shape index (κ2) is 12.3. The van der Waals surface area contributed by atoms with Crippen molar-refractivity contribution < 1.29 is 30.2 Å². The minimum atomic E-state index is -2.84. The molecule has 1 fully saturated rings. The van der Waals surface area contributed by atoms with Crippen molar-refractivity contribution in [2.24, 2.45) is 0 Å². The lowest BCUT2D eigenvalue weighted by Crippen LogP contribution is -2.54. The first-order chi connectivity index (χ1) is 12.7. The number of quaternary nitrogens is 1. The predicted molar refractivity (Wildman–Crippen MR) is 102 cm³/mol. The van der Waals surface area contributed by atoms with Gasteiger partial charge in [-0.25, -0.2) is 4.79 Å². The zero-order valence-corrected chi connectivity index (χ0v) is 16.5. The Morgan fingerprint density at radius 3 is 2.63 bits per heavy atom. The lowest BCUT2D eigenvalue weighted by Gasteiger charge is -2.24. The molecule has 0 aromatic carbocycles. The summed E-state index contributed by atoms with van der Waals surface area (Å²) in [5.74, 6) is -0.883. The Kier molecular flexibility index (Phi) is 10.8. The van der Waals surface area contributed by atoms with Crippen molar-refractivity contribution in [1.29, 1.82) is 5.41 Å². The van der Waals surface area contributed by atoms with E-state index in [1.807, 2.05) is 21.6 Å². The van der Waals surface area contributed by atoms with Crippen LogP contribution in [0.4, 0.5) is 0 Å². The number of guanidine groups is 1. The third-order valence-corrected chi connectivity index (χ3v) is 6.78. The van der Waals surface area contributed by atoms with E-state index in [1.165, 1.54) is 17.6 Å². The second-order valence-electron chi connectivity index (χ2n) is 6.13. The molecular formula is C14H27N5O6S2. The average Bonchev–Trinajstić information content (AvgIpc) is 3.06. The smallest absolute Gasteiger partial charge is 0.326 e. The highest BCUT2D eigenvalue weighted by Crippen LogP contribution is 2.39. The maximum atomic E-state index is 11.9. The van der Waals surface area contributed by atoms with Gasteiger partial charge in [0, 0.05) is 29.1 Å². The average molecular weight is 426 g/mol. The minimum absolute atomic E-state index is 0.114. The van der Waals surface area contributed by atoms with Crippen LogP contribution in [-0.2, 0) is 9.59 Å². The molecule has 7 N–H and O–H groups in total. The van der Waals surface area contributed by atoms with Crippen molar-refractivity contribution in [2.75, 3.05) is 12.3 Å². The maximum Gasteiger partial charge on any atom is 0.326 e. The molecule has 11 nitrogen and oxygen atoms in total. The highest BCUT2D eigenvalue weighted by molar-refractivity contribution is 8.77. The fraction of sp³-hybridized carbons (Fsp3) is 0.786. The van der Waals surface area contributed by atoms with Gasteiger partial charge in [-0.05, 0) is 32.1 Å². The summed E-state index contributed by atoms with van der Waals surface area (Å²) in [5.41, 5.74) is 1.49. The van der Waals surface area contributed by atoms with E-state index in [0.717, 1.165) is 19.3 Å². The molecule has 1 unspecified atom stereocenters. The van der Waals surface area contributed by atoms with E-state index in [2.05, 4.69) is 10.6 Å². The van der Waals surface area contributed by atoms with Crippen LogP contribution in [0.3, 0.4) is 0 Å². The van der Waals surface area contributed by atoms with Gasteiger partial charge < -0.3 is 20.9 Å². The summed E-state index contributed by atoms with van der Waals surface area (Å²) in [7, 11) is 3.78. The van der Waals surface area contributed by atoms with E-state index < -0.39 is 23.1 Å². The molecule has 0 aromatic rings. The van der Waals surface area contributed by atoms with Crippen LogP contribution in [0.1, 0.15) is 44.9 Å². The van der Waals surface area contributed by atoms with Gasteiger partial charge in [-0.3, -0.25) is 10.2 Å². The first-order valence-corrected chi connectivity index (χ1v) is 11.0. The van der Waals surface area contributed by atoms with Gasteiger partial charge in [0.15, 0.2) is 0 Å². The summed E-state index contributed by atoms with van der Waals surface area (Å²) >= 11 is 0. The van der Waals surface area contributed by atoms with Gasteiger partial charge in [-0.1, -0.05) is 28.0 Å². The van der Waals surface area contributed by atoms with E-state index in [9.17, 15) is 19.9 Å². The van der Waals surface area contributed by atoms with Crippen molar-refractivity contribution >= 4 is 39.4 Å². The zero-order valence-electron chi connectivity index (χ0n) is 14.8. The second-order valence-corrected chi connectivity index (χ2v) is 8.92. The summed E-state index contributed by atoms with van der Waals surface area (Å²) in [6.07, 6.45) is 4.65. The number of hydrogen-bond donors (Lipinski definition) is 7. The standard InChI is InChI=1S/C14H27N5O6S2/c15-14(18-19(23,24)25)16-8-3-5-11(13(21)22)17-12(20)6-2-1-4-10-7-9-26-27-10/h10-11,23-24H,1-9H2,(H,17,20)(H,21,22)(H3,15,16,18)/t10?,11-/m0/s1. The minimum Gasteiger partial charge on any atom is -0.537 e. The van der Waals surface area contributed by atoms with Crippen LogP contribution in [0.5, 0.6) is 0 Å². The van der Waals surface area contributed by atoms with Gasteiger partial charge >= 0.3 is 5.97 Å². The van der Waals surface area contributed by atoms with Crippen LogP contribution in [0.2, 0.25) is 0 Å². The molecule has 1 heterocycles. The molecule has 0 radical (unpaired) electrons. The molecule has 0 bridgehead atoms. The van der Waals surface area contributed by atoms with E-state index in [-0.39, 0.29) is 31.7 Å². The normalized spacial score (nSPS) is 18.0. The highest BCUT2D eigenvalue weighted by Gasteiger charge is 2.20. The Labute approximate surface area is 165 Å². The number of rotatable bonds is 12. The van der Waals surface area contributed by atoms with Crippen molar-refractivity contribution in [3.63, 3.8) is 0 Å². The van der Waals surface area contributed by atoms with Gasteiger partial charge in [0.05, 0.1) is 0 Å². The molecule has 27 heavy (non-hydrogen) atoms. The Morgan fingerprint density at radius 1 is 1.30 bits per heavy atom. The highest BCUT2D eigenvalue weighted by atomic mass is 33.1. The van der Waals surface area contributed by atoms with Crippen LogP contribution >= 0.6 is 21.6 Å².